The molecule has 0 bridgehead atoms. The van der Waals surface area contributed by atoms with Crippen molar-refractivity contribution in [2.45, 2.75) is 26.0 Å². The molecule has 0 aliphatic heterocycles. The zero-order valence-electron chi connectivity index (χ0n) is 14.4. The van der Waals surface area contributed by atoms with Crippen LogP contribution in [0.3, 0.4) is 0 Å². The number of para-hydroxylation sites is 2. The molecule has 5 heteroatoms. The number of nitrogens with zero attached hydrogens (tertiary/aromatic N) is 2. The van der Waals surface area contributed by atoms with Crippen LogP contribution in [0.5, 0.6) is 11.5 Å². The molecule has 0 radical (unpaired) electrons. The monoisotopic (exact) mass is 326 g/mol. The maximum atomic E-state index is 11.0. The molecule has 0 aliphatic carbocycles. The van der Waals surface area contributed by atoms with Crippen molar-refractivity contribution in [2.24, 2.45) is 0 Å². The zero-order valence-corrected chi connectivity index (χ0v) is 14.4. The molecule has 1 aromatic heterocycles. The van der Waals surface area contributed by atoms with Crippen molar-refractivity contribution in [3.63, 3.8) is 0 Å². The summed E-state index contributed by atoms with van der Waals surface area (Å²) in [4.78, 5) is 4.66. The first-order chi connectivity index (χ1) is 11.6. The Bertz CT molecular complexity index is 855. The average Bonchev–Trinajstić information content (AvgIpc) is 3.00. The minimum absolute atomic E-state index is 0.165. The van der Waals surface area contributed by atoms with Gasteiger partial charge >= 0.3 is 0 Å². The second-order valence-electron chi connectivity index (χ2n) is 5.93. The zero-order chi connectivity index (χ0) is 17.3. The number of aliphatic hydroxyl groups is 1. The summed E-state index contributed by atoms with van der Waals surface area (Å²) in [7, 11) is 3.19. The lowest BCUT2D eigenvalue weighted by Crippen LogP contribution is -2.13. The predicted molar refractivity (Wildman–Crippen MR) is 93.7 cm³/mol. The van der Waals surface area contributed by atoms with E-state index in [0.717, 1.165) is 11.0 Å². The van der Waals surface area contributed by atoms with Crippen molar-refractivity contribution < 1.29 is 14.6 Å². The number of methoxy groups -OCH3 is 2. The van der Waals surface area contributed by atoms with Crippen LogP contribution in [-0.2, 0) is 0 Å². The fourth-order valence-corrected chi connectivity index (χ4v) is 2.99. The number of aromatic nitrogens is 2. The van der Waals surface area contributed by atoms with E-state index in [9.17, 15) is 5.11 Å². The minimum Gasteiger partial charge on any atom is -0.497 e. The molecule has 2 aromatic carbocycles. The van der Waals surface area contributed by atoms with E-state index in [1.165, 1.54) is 0 Å². The van der Waals surface area contributed by atoms with E-state index in [0.29, 0.717) is 22.9 Å². The molecule has 5 nitrogen and oxygen atoms in total. The summed E-state index contributed by atoms with van der Waals surface area (Å²) in [6, 6.07) is 13.4. The van der Waals surface area contributed by atoms with Gasteiger partial charge in [-0.1, -0.05) is 12.1 Å². The Morgan fingerprint density at radius 2 is 1.79 bits per heavy atom. The molecule has 1 N–H and O–H groups in total. The van der Waals surface area contributed by atoms with Gasteiger partial charge in [-0.15, -0.1) is 0 Å². The Balaban J connectivity index is 2.19. The fraction of sp³-hybridized carbons (Fsp3) is 0.316. The molecule has 0 saturated carbocycles. The van der Waals surface area contributed by atoms with Gasteiger partial charge in [-0.2, -0.15) is 0 Å². The van der Waals surface area contributed by atoms with E-state index in [2.05, 4.69) is 23.4 Å². The van der Waals surface area contributed by atoms with Crippen molar-refractivity contribution in [2.75, 3.05) is 14.2 Å². The molecule has 0 aliphatic rings. The van der Waals surface area contributed by atoms with Gasteiger partial charge in [0.05, 0.1) is 25.3 Å². The Morgan fingerprint density at radius 1 is 1.04 bits per heavy atom. The predicted octanol–water partition coefficient (Wildman–Crippen LogP) is 3.72. The molecule has 3 aromatic rings. The number of benzene rings is 2. The summed E-state index contributed by atoms with van der Waals surface area (Å²) in [5.74, 6) is 1.86. The maximum Gasteiger partial charge on any atom is 0.143 e. The first-order valence-corrected chi connectivity index (χ1v) is 7.93. The number of ether oxygens (including phenoxy) is 2. The summed E-state index contributed by atoms with van der Waals surface area (Å²) in [6.45, 7) is 4.15. The van der Waals surface area contributed by atoms with Crippen molar-refractivity contribution in [3.05, 3.63) is 53.9 Å². The number of aliphatic hydroxyl groups excluding tert-OH is 1. The van der Waals surface area contributed by atoms with Gasteiger partial charge < -0.3 is 19.1 Å². The van der Waals surface area contributed by atoms with E-state index in [-0.39, 0.29) is 6.04 Å². The van der Waals surface area contributed by atoms with Crippen molar-refractivity contribution >= 4 is 11.0 Å². The molecule has 24 heavy (non-hydrogen) atoms. The Kier molecular flexibility index (Phi) is 4.44. The van der Waals surface area contributed by atoms with Crippen LogP contribution in [0.2, 0.25) is 0 Å². The smallest absolute Gasteiger partial charge is 0.143 e. The number of hydrogen-bond acceptors (Lipinski definition) is 4. The molecule has 1 atom stereocenters. The number of fused-ring (bicyclic) bond motifs is 1. The highest BCUT2D eigenvalue weighted by molar-refractivity contribution is 5.76. The van der Waals surface area contributed by atoms with Crippen molar-refractivity contribution in [3.8, 4) is 11.5 Å². The first-order valence-electron chi connectivity index (χ1n) is 7.93. The lowest BCUT2D eigenvalue weighted by atomic mass is 10.1. The molecule has 0 unspecified atom stereocenters. The van der Waals surface area contributed by atoms with E-state index in [1.54, 1.807) is 32.4 Å². The summed E-state index contributed by atoms with van der Waals surface area (Å²) >= 11 is 0. The van der Waals surface area contributed by atoms with E-state index >= 15 is 0 Å². The normalized spacial score (nSPS) is 12.6. The Hall–Kier alpha value is -2.53. The van der Waals surface area contributed by atoms with Crippen LogP contribution in [0.15, 0.2) is 42.5 Å². The van der Waals surface area contributed by atoms with Crippen molar-refractivity contribution in [1.82, 2.24) is 9.55 Å². The summed E-state index contributed by atoms with van der Waals surface area (Å²) in [5.41, 5.74) is 2.50. The standard InChI is InChI=1S/C19H22N2O3/c1-12(2)21-16-8-6-5-7-15(16)20-19(21)18(22)14-11-13(23-3)9-10-17(14)24-4/h5-12,18,22H,1-4H3/t18-/m0/s1. The number of rotatable bonds is 5. The second kappa shape index (κ2) is 6.53. The third-order valence-electron chi connectivity index (χ3n) is 4.12. The highest BCUT2D eigenvalue weighted by atomic mass is 16.5. The van der Waals surface area contributed by atoms with E-state index < -0.39 is 6.10 Å². The lowest BCUT2D eigenvalue weighted by Gasteiger charge is -2.19. The molecule has 0 saturated heterocycles. The van der Waals surface area contributed by atoms with Crippen LogP contribution in [0.25, 0.3) is 11.0 Å². The highest BCUT2D eigenvalue weighted by Gasteiger charge is 2.24. The van der Waals surface area contributed by atoms with Gasteiger partial charge in [0.25, 0.3) is 0 Å². The van der Waals surface area contributed by atoms with Gasteiger partial charge in [-0.3, -0.25) is 0 Å². The van der Waals surface area contributed by atoms with Gasteiger partial charge in [0.2, 0.25) is 0 Å². The maximum absolute atomic E-state index is 11.0. The molecule has 0 spiro atoms. The minimum atomic E-state index is -0.912. The topological polar surface area (TPSA) is 56.5 Å². The molecule has 0 fully saturated rings. The lowest BCUT2D eigenvalue weighted by molar-refractivity contribution is 0.198. The Labute approximate surface area is 141 Å². The summed E-state index contributed by atoms with van der Waals surface area (Å²) in [5, 5.41) is 11.0. The second-order valence-corrected chi connectivity index (χ2v) is 5.93. The van der Waals surface area contributed by atoms with E-state index in [1.807, 2.05) is 24.3 Å². The molecule has 0 amide bonds. The average molecular weight is 326 g/mol. The third-order valence-corrected chi connectivity index (χ3v) is 4.12. The quantitative estimate of drug-likeness (QED) is 0.776. The number of hydrogen-bond donors (Lipinski definition) is 1. The first kappa shape index (κ1) is 16.3. The Morgan fingerprint density at radius 3 is 2.46 bits per heavy atom. The van der Waals surface area contributed by atoms with Gasteiger partial charge in [0.15, 0.2) is 0 Å². The largest absolute Gasteiger partial charge is 0.497 e. The van der Waals surface area contributed by atoms with Gasteiger partial charge in [-0.05, 0) is 44.2 Å². The third kappa shape index (κ3) is 2.71. The van der Waals surface area contributed by atoms with Crippen molar-refractivity contribution in [1.29, 1.82) is 0 Å². The number of imidazole rings is 1. The molecular formula is C19H22N2O3. The van der Waals surface area contributed by atoms with Crippen LogP contribution in [0, 0.1) is 0 Å². The fourth-order valence-electron chi connectivity index (χ4n) is 2.99. The van der Waals surface area contributed by atoms with Gasteiger partial charge in [0, 0.05) is 11.6 Å². The van der Waals surface area contributed by atoms with Gasteiger partial charge in [-0.25, -0.2) is 4.98 Å². The van der Waals surface area contributed by atoms with E-state index in [4.69, 9.17) is 9.47 Å². The van der Waals surface area contributed by atoms with Crippen LogP contribution in [0.1, 0.15) is 37.4 Å². The SMILES string of the molecule is COc1ccc(OC)c([C@H](O)c2nc3ccccc3n2C(C)C)c1. The van der Waals surface area contributed by atoms with Crippen LogP contribution < -0.4 is 9.47 Å². The summed E-state index contributed by atoms with van der Waals surface area (Å²) < 4.78 is 12.7. The molecular weight excluding hydrogens is 304 g/mol. The summed E-state index contributed by atoms with van der Waals surface area (Å²) in [6.07, 6.45) is -0.912. The van der Waals surface area contributed by atoms with Crippen LogP contribution in [-0.4, -0.2) is 28.9 Å². The molecule has 3 rings (SSSR count). The van der Waals surface area contributed by atoms with Gasteiger partial charge in [0.1, 0.15) is 23.4 Å². The van der Waals surface area contributed by atoms with Crippen LogP contribution >= 0.6 is 0 Å². The molecule has 1 heterocycles. The molecule has 126 valence electrons. The van der Waals surface area contributed by atoms with Crippen LogP contribution in [0.4, 0.5) is 0 Å². The highest BCUT2D eigenvalue weighted by Crippen LogP contribution is 2.35.